The van der Waals surface area contributed by atoms with Crippen molar-refractivity contribution in [2.24, 2.45) is 0 Å². The van der Waals surface area contributed by atoms with E-state index in [-0.39, 0.29) is 5.82 Å². The van der Waals surface area contributed by atoms with Crippen molar-refractivity contribution in [3.05, 3.63) is 53.6 Å². The Hall–Kier alpha value is -1.68. The van der Waals surface area contributed by atoms with E-state index < -0.39 is 6.10 Å². The fraction of sp³-hybridized carbons (Fsp3) is 0.438. The highest BCUT2D eigenvalue weighted by Gasteiger charge is 2.15. The average Bonchev–Trinajstić information content (AvgIpc) is 2.89. The number of benzene rings is 1. The van der Waals surface area contributed by atoms with Crippen molar-refractivity contribution in [3.8, 4) is 0 Å². The molecule has 1 atom stereocenters. The van der Waals surface area contributed by atoms with Gasteiger partial charge in [0.05, 0.1) is 17.8 Å². The van der Waals surface area contributed by atoms with E-state index >= 15 is 0 Å². The molecule has 2 rings (SSSR count). The molecule has 4 heteroatoms. The summed E-state index contributed by atoms with van der Waals surface area (Å²) in [6, 6.07) is 8.59. The predicted octanol–water partition coefficient (Wildman–Crippen LogP) is 3.66. The van der Waals surface area contributed by atoms with Crippen LogP contribution in [0.5, 0.6) is 0 Å². The molecule has 1 heterocycles. The first-order chi connectivity index (χ1) is 9.65. The van der Waals surface area contributed by atoms with Crippen LogP contribution in [0.1, 0.15) is 50.1 Å². The molecule has 0 saturated heterocycles. The maximum absolute atomic E-state index is 13.6. The van der Waals surface area contributed by atoms with Gasteiger partial charge >= 0.3 is 0 Å². The van der Waals surface area contributed by atoms with Crippen molar-refractivity contribution in [1.82, 2.24) is 9.78 Å². The van der Waals surface area contributed by atoms with Gasteiger partial charge in [0.15, 0.2) is 0 Å². The van der Waals surface area contributed by atoms with Crippen LogP contribution >= 0.6 is 0 Å². The minimum absolute atomic E-state index is 0.324. The summed E-state index contributed by atoms with van der Waals surface area (Å²) in [6.07, 6.45) is 3.44. The third kappa shape index (κ3) is 3.25. The van der Waals surface area contributed by atoms with Crippen LogP contribution in [-0.2, 0) is 6.42 Å². The van der Waals surface area contributed by atoms with Gasteiger partial charge in [-0.1, -0.05) is 32.0 Å². The van der Waals surface area contributed by atoms with Crippen LogP contribution in [0, 0.1) is 5.82 Å². The lowest BCUT2D eigenvalue weighted by Gasteiger charge is -2.13. The third-order valence-corrected chi connectivity index (χ3v) is 3.65. The molecule has 0 aliphatic rings. The first kappa shape index (κ1) is 14.7. The Balaban J connectivity index is 2.09. The van der Waals surface area contributed by atoms with E-state index in [1.54, 1.807) is 18.2 Å². The van der Waals surface area contributed by atoms with E-state index in [0.29, 0.717) is 18.0 Å². The van der Waals surface area contributed by atoms with Crippen molar-refractivity contribution in [2.45, 2.75) is 45.3 Å². The normalized spacial score (nSPS) is 12.8. The molecule has 108 valence electrons. The summed E-state index contributed by atoms with van der Waals surface area (Å²) in [4.78, 5) is 0. The molecule has 0 fully saturated rings. The van der Waals surface area contributed by atoms with E-state index in [4.69, 9.17) is 0 Å². The lowest BCUT2D eigenvalue weighted by atomic mass is 10.0. The smallest absolute Gasteiger partial charge is 0.129 e. The Labute approximate surface area is 119 Å². The lowest BCUT2D eigenvalue weighted by molar-refractivity contribution is 0.172. The second-order valence-corrected chi connectivity index (χ2v) is 5.00. The Kier molecular flexibility index (Phi) is 4.90. The molecule has 20 heavy (non-hydrogen) atoms. The van der Waals surface area contributed by atoms with Gasteiger partial charge in [-0.15, -0.1) is 0 Å². The zero-order chi connectivity index (χ0) is 14.5. The Morgan fingerprint density at radius 1 is 1.20 bits per heavy atom. The maximum atomic E-state index is 13.6. The van der Waals surface area contributed by atoms with Crippen molar-refractivity contribution >= 4 is 0 Å². The molecular weight excluding hydrogens is 255 g/mol. The van der Waals surface area contributed by atoms with Crippen LogP contribution in [-0.4, -0.2) is 14.9 Å². The second kappa shape index (κ2) is 6.66. The van der Waals surface area contributed by atoms with E-state index in [1.165, 1.54) is 6.07 Å². The summed E-state index contributed by atoms with van der Waals surface area (Å²) in [7, 11) is 0. The van der Waals surface area contributed by atoms with Gasteiger partial charge in [0.1, 0.15) is 5.82 Å². The zero-order valence-corrected chi connectivity index (χ0v) is 12.0. The summed E-state index contributed by atoms with van der Waals surface area (Å²) < 4.78 is 15.5. The summed E-state index contributed by atoms with van der Waals surface area (Å²) >= 11 is 0. The Bertz CT molecular complexity index is 549. The summed E-state index contributed by atoms with van der Waals surface area (Å²) in [5, 5.41) is 14.6. The average molecular weight is 276 g/mol. The molecule has 1 N–H and O–H groups in total. The molecule has 3 nitrogen and oxygen atoms in total. The second-order valence-electron chi connectivity index (χ2n) is 5.00. The van der Waals surface area contributed by atoms with Gasteiger partial charge in [-0.05, 0) is 25.0 Å². The van der Waals surface area contributed by atoms with Gasteiger partial charge in [0.25, 0.3) is 0 Å². The van der Waals surface area contributed by atoms with E-state index in [0.717, 1.165) is 18.5 Å². The highest BCUT2D eigenvalue weighted by atomic mass is 19.1. The van der Waals surface area contributed by atoms with Crippen molar-refractivity contribution < 1.29 is 9.50 Å². The van der Waals surface area contributed by atoms with Gasteiger partial charge in [-0.2, -0.15) is 5.10 Å². The van der Waals surface area contributed by atoms with Crippen LogP contribution in [0.2, 0.25) is 0 Å². The van der Waals surface area contributed by atoms with Crippen LogP contribution in [0.15, 0.2) is 36.5 Å². The SMILES string of the molecule is CCC(CC)n1ccc(CC(O)c2ccccc2F)n1. The van der Waals surface area contributed by atoms with Crippen LogP contribution in [0.3, 0.4) is 0 Å². The first-order valence-electron chi connectivity index (χ1n) is 7.12. The standard InChI is InChI=1S/C16H21FN2O/c1-3-13(4-2)19-10-9-12(18-19)11-16(20)14-7-5-6-8-15(14)17/h5-10,13,16,20H,3-4,11H2,1-2H3. The molecular formula is C16H21FN2O. The van der Waals surface area contributed by atoms with Gasteiger partial charge in [0, 0.05) is 18.2 Å². The molecule has 1 aromatic carbocycles. The number of hydrogen-bond donors (Lipinski definition) is 1. The van der Waals surface area contributed by atoms with Gasteiger partial charge in [0.2, 0.25) is 0 Å². The Morgan fingerprint density at radius 2 is 1.90 bits per heavy atom. The van der Waals surface area contributed by atoms with Gasteiger partial charge < -0.3 is 5.11 Å². The number of aromatic nitrogens is 2. The Morgan fingerprint density at radius 3 is 2.55 bits per heavy atom. The van der Waals surface area contributed by atoms with Gasteiger partial charge in [-0.3, -0.25) is 4.68 Å². The number of aliphatic hydroxyl groups is 1. The fourth-order valence-corrected chi connectivity index (χ4v) is 2.41. The fourth-order valence-electron chi connectivity index (χ4n) is 2.41. The summed E-state index contributed by atoms with van der Waals surface area (Å²) in [6.45, 7) is 4.26. The zero-order valence-electron chi connectivity index (χ0n) is 12.0. The number of nitrogens with zero attached hydrogens (tertiary/aromatic N) is 2. The minimum atomic E-state index is -0.860. The maximum Gasteiger partial charge on any atom is 0.129 e. The van der Waals surface area contributed by atoms with Crippen molar-refractivity contribution in [2.75, 3.05) is 0 Å². The number of aliphatic hydroxyl groups excluding tert-OH is 1. The summed E-state index contributed by atoms with van der Waals surface area (Å²) in [5.74, 6) is -0.376. The monoisotopic (exact) mass is 276 g/mol. The molecule has 0 aliphatic heterocycles. The highest BCUT2D eigenvalue weighted by Crippen LogP contribution is 2.21. The molecule has 0 saturated carbocycles. The number of hydrogen-bond acceptors (Lipinski definition) is 2. The van der Waals surface area contributed by atoms with E-state index in [9.17, 15) is 9.50 Å². The number of halogens is 1. The van der Waals surface area contributed by atoms with Crippen LogP contribution < -0.4 is 0 Å². The lowest BCUT2D eigenvalue weighted by Crippen LogP contribution is -2.09. The van der Waals surface area contributed by atoms with E-state index in [2.05, 4.69) is 18.9 Å². The van der Waals surface area contributed by atoms with Crippen LogP contribution in [0.25, 0.3) is 0 Å². The summed E-state index contributed by atoms with van der Waals surface area (Å²) in [5.41, 5.74) is 1.11. The third-order valence-electron chi connectivity index (χ3n) is 3.65. The molecule has 1 unspecified atom stereocenters. The predicted molar refractivity (Wildman–Crippen MR) is 76.9 cm³/mol. The van der Waals surface area contributed by atoms with Crippen molar-refractivity contribution in [1.29, 1.82) is 0 Å². The molecule has 0 radical (unpaired) electrons. The first-order valence-corrected chi connectivity index (χ1v) is 7.12. The molecule has 0 amide bonds. The topological polar surface area (TPSA) is 38.0 Å². The largest absolute Gasteiger partial charge is 0.388 e. The molecule has 0 aliphatic carbocycles. The van der Waals surface area contributed by atoms with Gasteiger partial charge in [-0.25, -0.2) is 4.39 Å². The molecule has 0 bridgehead atoms. The van der Waals surface area contributed by atoms with E-state index in [1.807, 2.05) is 16.9 Å². The minimum Gasteiger partial charge on any atom is -0.388 e. The quantitative estimate of drug-likeness (QED) is 0.874. The van der Waals surface area contributed by atoms with Crippen LogP contribution in [0.4, 0.5) is 4.39 Å². The molecule has 0 spiro atoms. The molecule has 2 aromatic rings. The van der Waals surface area contributed by atoms with Crippen molar-refractivity contribution in [3.63, 3.8) is 0 Å². The number of rotatable bonds is 6. The highest BCUT2D eigenvalue weighted by molar-refractivity contribution is 5.21. The molecule has 1 aromatic heterocycles.